The third-order valence-corrected chi connectivity index (χ3v) is 3.72. The van der Waals surface area contributed by atoms with Crippen molar-refractivity contribution in [2.75, 3.05) is 0 Å². The number of halogens is 3. The van der Waals surface area contributed by atoms with Gasteiger partial charge < -0.3 is 0 Å². The van der Waals surface area contributed by atoms with Crippen LogP contribution in [0.15, 0.2) is 36.4 Å². The van der Waals surface area contributed by atoms with Crippen LogP contribution in [0, 0.1) is 10.5 Å². The predicted octanol–water partition coefficient (Wildman–Crippen LogP) is 5.57. The first-order valence-electron chi connectivity index (χ1n) is 4.80. The zero-order chi connectivity index (χ0) is 11.7. The lowest BCUT2D eigenvalue weighted by atomic mass is 10.0. The molecule has 0 fully saturated rings. The maximum absolute atomic E-state index is 6.24. The Hall–Kier alpha value is -0.250. The van der Waals surface area contributed by atoms with E-state index in [2.05, 4.69) is 22.6 Å². The van der Waals surface area contributed by atoms with Crippen molar-refractivity contribution in [3.63, 3.8) is 0 Å². The van der Waals surface area contributed by atoms with Crippen molar-refractivity contribution in [1.82, 2.24) is 0 Å². The SMILES string of the molecule is Cc1cccc(Cl)c1-c1ccc(I)cc1Cl. The normalized spacial score (nSPS) is 10.5. The first-order chi connectivity index (χ1) is 7.59. The van der Waals surface area contributed by atoms with E-state index in [1.165, 1.54) is 0 Å². The van der Waals surface area contributed by atoms with Gasteiger partial charge in [0.15, 0.2) is 0 Å². The molecule has 0 heterocycles. The summed E-state index contributed by atoms with van der Waals surface area (Å²) in [6.45, 7) is 2.04. The van der Waals surface area contributed by atoms with Crippen molar-refractivity contribution in [3.05, 3.63) is 55.6 Å². The fraction of sp³-hybridized carbons (Fsp3) is 0.0769. The van der Waals surface area contributed by atoms with Gasteiger partial charge in [-0.05, 0) is 53.3 Å². The molecule has 2 aromatic rings. The van der Waals surface area contributed by atoms with Crippen LogP contribution >= 0.6 is 45.8 Å². The molecular weight excluding hydrogens is 354 g/mol. The van der Waals surface area contributed by atoms with Gasteiger partial charge in [-0.2, -0.15) is 0 Å². The zero-order valence-corrected chi connectivity index (χ0v) is 12.3. The van der Waals surface area contributed by atoms with Crippen LogP contribution in [0.2, 0.25) is 10.0 Å². The van der Waals surface area contributed by atoms with Crippen LogP contribution in [-0.4, -0.2) is 0 Å². The average molecular weight is 363 g/mol. The molecule has 0 aromatic heterocycles. The maximum atomic E-state index is 6.24. The lowest BCUT2D eigenvalue weighted by Crippen LogP contribution is -1.86. The van der Waals surface area contributed by atoms with Gasteiger partial charge in [0, 0.05) is 24.7 Å². The topological polar surface area (TPSA) is 0 Å². The Morgan fingerprint density at radius 3 is 2.38 bits per heavy atom. The summed E-state index contributed by atoms with van der Waals surface area (Å²) < 4.78 is 1.12. The highest BCUT2D eigenvalue weighted by atomic mass is 127. The fourth-order valence-electron chi connectivity index (χ4n) is 1.67. The molecule has 0 saturated carbocycles. The Bertz CT molecular complexity index is 515. The molecule has 0 amide bonds. The molecule has 2 aromatic carbocycles. The van der Waals surface area contributed by atoms with Crippen LogP contribution in [0.1, 0.15) is 5.56 Å². The largest absolute Gasteiger partial charge is 0.0837 e. The number of benzene rings is 2. The van der Waals surface area contributed by atoms with Gasteiger partial charge in [0.05, 0.1) is 0 Å². The Labute approximate surface area is 119 Å². The highest BCUT2D eigenvalue weighted by Gasteiger charge is 2.10. The van der Waals surface area contributed by atoms with Crippen molar-refractivity contribution in [2.45, 2.75) is 6.92 Å². The van der Waals surface area contributed by atoms with Gasteiger partial charge in [0.25, 0.3) is 0 Å². The molecule has 0 bridgehead atoms. The summed E-state index contributed by atoms with van der Waals surface area (Å²) in [4.78, 5) is 0. The Balaban J connectivity index is 2.68. The van der Waals surface area contributed by atoms with Crippen LogP contribution in [-0.2, 0) is 0 Å². The van der Waals surface area contributed by atoms with Crippen molar-refractivity contribution in [2.24, 2.45) is 0 Å². The van der Waals surface area contributed by atoms with Gasteiger partial charge in [-0.3, -0.25) is 0 Å². The van der Waals surface area contributed by atoms with E-state index in [-0.39, 0.29) is 0 Å². The van der Waals surface area contributed by atoms with Crippen molar-refractivity contribution in [3.8, 4) is 11.1 Å². The number of hydrogen-bond acceptors (Lipinski definition) is 0. The first kappa shape index (κ1) is 12.2. The molecule has 2 rings (SSSR count). The van der Waals surface area contributed by atoms with Gasteiger partial charge in [-0.25, -0.2) is 0 Å². The summed E-state index contributed by atoms with van der Waals surface area (Å²) in [6, 6.07) is 11.9. The Kier molecular flexibility index (Phi) is 3.77. The zero-order valence-electron chi connectivity index (χ0n) is 8.60. The molecule has 82 valence electrons. The molecule has 0 atom stereocenters. The van der Waals surface area contributed by atoms with Crippen LogP contribution in [0.25, 0.3) is 11.1 Å². The predicted molar refractivity (Wildman–Crippen MR) is 79.4 cm³/mol. The summed E-state index contributed by atoms with van der Waals surface area (Å²) in [6.07, 6.45) is 0. The fourth-order valence-corrected chi connectivity index (χ4v) is 2.94. The number of rotatable bonds is 1. The Morgan fingerprint density at radius 1 is 1.00 bits per heavy atom. The van der Waals surface area contributed by atoms with Crippen molar-refractivity contribution in [1.29, 1.82) is 0 Å². The van der Waals surface area contributed by atoms with E-state index in [0.717, 1.165) is 30.3 Å². The average Bonchev–Trinajstić information content (AvgIpc) is 2.20. The quantitative estimate of drug-likeness (QED) is 0.581. The van der Waals surface area contributed by atoms with E-state index in [1.807, 2.05) is 43.3 Å². The minimum absolute atomic E-state index is 0.739. The van der Waals surface area contributed by atoms with E-state index in [1.54, 1.807) is 0 Å². The summed E-state index contributed by atoms with van der Waals surface area (Å²) in [5.41, 5.74) is 3.14. The van der Waals surface area contributed by atoms with E-state index in [0.29, 0.717) is 0 Å². The molecule has 0 unspecified atom stereocenters. The van der Waals surface area contributed by atoms with Crippen molar-refractivity contribution >= 4 is 45.8 Å². The molecule has 0 aliphatic rings. The lowest BCUT2D eigenvalue weighted by Gasteiger charge is -2.10. The smallest absolute Gasteiger partial charge is 0.0495 e. The number of aryl methyl sites for hydroxylation is 1. The summed E-state index contributed by atoms with van der Waals surface area (Å²) in [5.74, 6) is 0. The minimum atomic E-state index is 0.739. The molecule has 0 radical (unpaired) electrons. The van der Waals surface area contributed by atoms with E-state index < -0.39 is 0 Å². The molecule has 16 heavy (non-hydrogen) atoms. The molecular formula is C13H9Cl2I. The maximum Gasteiger partial charge on any atom is 0.0495 e. The van der Waals surface area contributed by atoms with Crippen molar-refractivity contribution < 1.29 is 0 Å². The molecule has 3 heteroatoms. The molecule has 0 spiro atoms. The molecule has 0 nitrogen and oxygen atoms in total. The Morgan fingerprint density at radius 2 is 1.75 bits per heavy atom. The van der Waals surface area contributed by atoms with Gasteiger partial charge in [-0.15, -0.1) is 0 Å². The van der Waals surface area contributed by atoms with E-state index >= 15 is 0 Å². The standard InChI is InChI=1S/C13H9Cl2I/c1-8-3-2-4-11(14)13(8)10-6-5-9(16)7-12(10)15/h2-7H,1H3. The third kappa shape index (κ3) is 2.36. The van der Waals surface area contributed by atoms with Crippen LogP contribution < -0.4 is 0 Å². The van der Waals surface area contributed by atoms with Gasteiger partial charge in [0.1, 0.15) is 0 Å². The minimum Gasteiger partial charge on any atom is -0.0837 e. The highest BCUT2D eigenvalue weighted by molar-refractivity contribution is 14.1. The number of hydrogen-bond donors (Lipinski definition) is 0. The molecule has 0 saturated heterocycles. The highest BCUT2D eigenvalue weighted by Crippen LogP contribution is 2.36. The molecule has 0 N–H and O–H groups in total. The second-order valence-electron chi connectivity index (χ2n) is 3.56. The first-order valence-corrected chi connectivity index (χ1v) is 6.63. The summed E-state index contributed by atoms with van der Waals surface area (Å²) in [7, 11) is 0. The van der Waals surface area contributed by atoms with Crippen LogP contribution in [0.4, 0.5) is 0 Å². The van der Waals surface area contributed by atoms with Gasteiger partial charge in [-0.1, -0.05) is 41.4 Å². The molecule has 0 aliphatic carbocycles. The lowest BCUT2D eigenvalue weighted by molar-refractivity contribution is 1.45. The second-order valence-corrected chi connectivity index (χ2v) is 5.62. The van der Waals surface area contributed by atoms with E-state index in [4.69, 9.17) is 23.2 Å². The summed E-state index contributed by atoms with van der Waals surface area (Å²) in [5, 5.41) is 1.48. The third-order valence-electron chi connectivity index (χ3n) is 2.42. The molecule has 0 aliphatic heterocycles. The van der Waals surface area contributed by atoms with Crippen LogP contribution in [0.3, 0.4) is 0 Å². The second kappa shape index (κ2) is 4.94. The monoisotopic (exact) mass is 362 g/mol. The summed E-state index contributed by atoms with van der Waals surface area (Å²) >= 11 is 14.7. The van der Waals surface area contributed by atoms with Gasteiger partial charge >= 0.3 is 0 Å². The van der Waals surface area contributed by atoms with Gasteiger partial charge in [0.2, 0.25) is 0 Å². The van der Waals surface area contributed by atoms with E-state index in [9.17, 15) is 0 Å². The van der Waals surface area contributed by atoms with Crippen LogP contribution in [0.5, 0.6) is 0 Å².